The van der Waals surface area contributed by atoms with E-state index in [2.05, 4.69) is 27.7 Å². The molecule has 0 saturated carbocycles. The van der Waals surface area contributed by atoms with Crippen molar-refractivity contribution in [1.82, 2.24) is 0 Å². The molecule has 0 aliphatic heterocycles. The summed E-state index contributed by atoms with van der Waals surface area (Å²) in [6.45, 7) is 12.3. The number of ketones is 2. The molecule has 0 saturated heterocycles. The number of Topliss-reactive ketones (excluding diaryl/α,β-unsaturated/α-hetero) is 2. The van der Waals surface area contributed by atoms with Crippen molar-refractivity contribution < 1.29 is 19.8 Å². The van der Waals surface area contributed by atoms with Gasteiger partial charge in [-0.15, -0.1) is 0 Å². The Balaban J connectivity index is 3.39. The van der Waals surface area contributed by atoms with E-state index in [4.69, 9.17) is 11.6 Å². The van der Waals surface area contributed by atoms with Gasteiger partial charge in [0.15, 0.2) is 11.6 Å². The number of rotatable bonds is 15. The van der Waals surface area contributed by atoms with Crippen molar-refractivity contribution in [3.8, 4) is 0 Å². The number of aliphatic hydroxyl groups is 2. The number of hydrogen-bond donors (Lipinski definition) is 2. The molecule has 4 nitrogen and oxygen atoms in total. The van der Waals surface area contributed by atoms with Gasteiger partial charge in [-0.05, 0) is 61.5 Å². The molecule has 1 aromatic carbocycles. The second-order valence-corrected chi connectivity index (χ2v) is 10.8. The van der Waals surface area contributed by atoms with Gasteiger partial charge in [-0.2, -0.15) is 0 Å². The number of aliphatic hydroxyl groups excluding tert-OH is 2. The topological polar surface area (TPSA) is 74.6 Å². The summed E-state index contributed by atoms with van der Waals surface area (Å²) in [5.74, 6) is -0.0413. The van der Waals surface area contributed by atoms with Crippen molar-refractivity contribution in [3.63, 3.8) is 0 Å². The van der Waals surface area contributed by atoms with Gasteiger partial charge in [0.1, 0.15) is 11.3 Å². The zero-order valence-corrected chi connectivity index (χ0v) is 22.5. The molecule has 0 radical (unpaired) electrons. The average Bonchev–Trinajstić information content (AvgIpc) is 2.75. The van der Waals surface area contributed by atoms with Gasteiger partial charge in [0.2, 0.25) is 0 Å². The van der Waals surface area contributed by atoms with E-state index in [-0.39, 0.29) is 35.7 Å². The molecule has 0 heterocycles. The predicted octanol–water partition coefficient (Wildman–Crippen LogP) is 8.34. The van der Waals surface area contributed by atoms with Crippen LogP contribution >= 0.6 is 11.6 Å². The lowest BCUT2D eigenvalue weighted by molar-refractivity contribution is -0.121. The van der Waals surface area contributed by atoms with Crippen molar-refractivity contribution in [2.75, 3.05) is 0 Å². The summed E-state index contributed by atoms with van der Waals surface area (Å²) in [4.78, 5) is 26.5. The summed E-state index contributed by atoms with van der Waals surface area (Å²) in [5.41, 5.74) is 0.970. The van der Waals surface area contributed by atoms with E-state index in [0.717, 1.165) is 18.4 Å². The molecule has 0 atom stereocenters. The van der Waals surface area contributed by atoms with Crippen molar-refractivity contribution in [3.05, 3.63) is 57.5 Å². The molecular formula is C29H43ClO4. The second-order valence-electron chi connectivity index (χ2n) is 10.4. The lowest BCUT2D eigenvalue weighted by Gasteiger charge is -2.17. The maximum Gasteiger partial charge on any atom is 0.170 e. The lowest BCUT2D eigenvalue weighted by atomic mass is 9.90. The molecule has 190 valence electrons. The Labute approximate surface area is 211 Å². The zero-order valence-electron chi connectivity index (χ0n) is 21.8. The molecule has 0 aliphatic rings. The van der Waals surface area contributed by atoms with Crippen LogP contribution in [0.2, 0.25) is 5.02 Å². The predicted molar refractivity (Wildman–Crippen MR) is 141 cm³/mol. The van der Waals surface area contributed by atoms with Crippen LogP contribution in [-0.4, -0.2) is 21.8 Å². The largest absolute Gasteiger partial charge is 0.512 e. The van der Waals surface area contributed by atoms with Crippen LogP contribution in [0.5, 0.6) is 0 Å². The Bertz CT molecular complexity index is 878. The summed E-state index contributed by atoms with van der Waals surface area (Å²) in [5, 5.41) is 22.7. The molecule has 5 heteroatoms. The maximum atomic E-state index is 13.3. The molecule has 0 aliphatic carbocycles. The molecule has 0 aromatic heterocycles. The van der Waals surface area contributed by atoms with E-state index < -0.39 is 5.78 Å². The summed E-state index contributed by atoms with van der Waals surface area (Å²) in [7, 11) is 0. The molecule has 2 N–H and O–H groups in total. The van der Waals surface area contributed by atoms with Crippen LogP contribution in [0, 0.1) is 17.8 Å². The molecule has 0 bridgehead atoms. The van der Waals surface area contributed by atoms with Crippen molar-refractivity contribution >= 4 is 23.2 Å². The Kier molecular flexibility index (Phi) is 13.2. The Morgan fingerprint density at radius 3 is 1.82 bits per heavy atom. The van der Waals surface area contributed by atoms with Crippen LogP contribution in [0.25, 0.3) is 0 Å². The Hall–Kier alpha value is -2.07. The van der Waals surface area contributed by atoms with E-state index in [1.54, 1.807) is 6.07 Å². The maximum absolute atomic E-state index is 13.3. The first kappa shape index (κ1) is 30.0. The van der Waals surface area contributed by atoms with Crippen LogP contribution in [0.15, 0.2) is 46.9 Å². The normalized spacial score (nSPS) is 13.4. The van der Waals surface area contributed by atoms with E-state index in [0.29, 0.717) is 54.0 Å². The molecular weight excluding hydrogens is 448 g/mol. The molecule has 1 aromatic rings. The second kappa shape index (κ2) is 15.0. The number of carbonyl (C=O) groups excluding carboxylic acids is 2. The highest BCUT2D eigenvalue weighted by Gasteiger charge is 2.26. The number of carbonyl (C=O) groups is 2. The first-order valence-electron chi connectivity index (χ1n) is 12.6. The highest BCUT2D eigenvalue weighted by Crippen LogP contribution is 2.28. The minimum absolute atomic E-state index is 0.0563. The van der Waals surface area contributed by atoms with Crippen LogP contribution in [0.4, 0.5) is 0 Å². The number of hydrogen-bond acceptors (Lipinski definition) is 4. The van der Waals surface area contributed by atoms with Crippen LogP contribution in [0.1, 0.15) is 92.1 Å². The van der Waals surface area contributed by atoms with Crippen molar-refractivity contribution in [1.29, 1.82) is 0 Å². The summed E-state index contributed by atoms with van der Waals surface area (Å²) < 4.78 is 0. The van der Waals surface area contributed by atoms with Gasteiger partial charge >= 0.3 is 0 Å². The van der Waals surface area contributed by atoms with Gasteiger partial charge in [0.25, 0.3) is 0 Å². The lowest BCUT2D eigenvalue weighted by Crippen LogP contribution is -2.18. The SMILES string of the molecule is CC(C)CCC(=O)/C(C(=O)CCc1ccccc1Cl)=C(O)\C(CCC(C)C)=C(\O)CCC(C)C. The fourth-order valence-electron chi connectivity index (χ4n) is 3.60. The minimum Gasteiger partial charge on any atom is -0.512 e. The van der Waals surface area contributed by atoms with E-state index in [1.165, 1.54) is 0 Å². The number of halogens is 1. The third kappa shape index (κ3) is 10.5. The summed E-state index contributed by atoms with van der Waals surface area (Å²) >= 11 is 6.24. The Morgan fingerprint density at radius 2 is 1.26 bits per heavy atom. The molecule has 0 unspecified atom stereocenters. The van der Waals surface area contributed by atoms with Gasteiger partial charge in [-0.1, -0.05) is 71.3 Å². The fraction of sp³-hybridized carbons (Fsp3) is 0.586. The highest BCUT2D eigenvalue weighted by atomic mass is 35.5. The third-order valence-electron chi connectivity index (χ3n) is 5.89. The van der Waals surface area contributed by atoms with Gasteiger partial charge in [-0.25, -0.2) is 0 Å². The smallest absolute Gasteiger partial charge is 0.170 e. The van der Waals surface area contributed by atoms with Gasteiger partial charge in [-0.3, -0.25) is 9.59 Å². The fourth-order valence-corrected chi connectivity index (χ4v) is 3.83. The molecule has 0 amide bonds. The molecule has 1 rings (SSSR count). The van der Waals surface area contributed by atoms with Gasteiger partial charge in [0, 0.05) is 29.9 Å². The zero-order chi connectivity index (χ0) is 25.8. The van der Waals surface area contributed by atoms with Crippen LogP contribution in [0.3, 0.4) is 0 Å². The van der Waals surface area contributed by atoms with Crippen LogP contribution in [-0.2, 0) is 16.0 Å². The molecule has 34 heavy (non-hydrogen) atoms. The van der Waals surface area contributed by atoms with Crippen LogP contribution < -0.4 is 0 Å². The number of allylic oxidation sites excluding steroid dienone is 3. The quantitative estimate of drug-likeness (QED) is 0.0851. The molecule has 0 fully saturated rings. The summed E-state index contributed by atoms with van der Waals surface area (Å²) in [6, 6.07) is 7.30. The number of benzene rings is 1. The standard InChI is InChI=1S/C29H43ClO4/c1-19(2)11-15-23(25(31)16-12-20(3)4)29(34)28(26(32)17-13-21(5)6)27(33)18-14-22-9-7-8-10-24(22)30/h7-10,19-21,31,34H,11-18H2,1-6H3/b25-23+,29-28-. The molecule has 0 spiro atoms. The van der Waals surface area contributed by atoms with E-state index in [9.17, 15) is 19.8 Å². The average molecular weight is 491 g/mol. The first-order chi connectivity index (χ1) is 15.9. The third-order valence-corrected chi connectivity index (χ3v) is 6.26. The van der Waals surface area contributed by atoms with E-state index >= 15 is 0 Å². The highest BCUT2D eigenvalue weighted by molar-refractivity contribution is 6.31. The van der Waals surface area contributed by atoms with Gasteiger partial charge in [0.05, 0.1) is 5.76 Å². The minimum atomic E-state index is -0.412. The van der Waals surface area contributed by atoms with E-state index in [1.807, 2.05) is 32.0 Å². The van der Waals surface area contributed by atoms with Crippen molar-refractivity contribution in [2.45, 2.75) is 92.9 Å². The Morgan fingerprint density at radius 1 is 0.765 bits per heavy atom. The monoisotopic (exact) mass is 490 g/mol. The van der Waals surface area contributed by atoms with Crippen molar-refractivity contribution in [2.24, 2.45) is 17.8 Å². The summed E-state index contributed by atoms with van der Waals surface area (Å²) in [6.07, 6.45) is 3.52. The first-order valence-corrected chi connectivity index (χ1v) is 13.0. The van der Waals surface area contributed by atoms with Gasteiger partial charge < -0.3 is 10.2 Å². The number of aryl methyl sites for hydroxylation is 1.